The predicted molar refractivity (Wildman–Crippen MR) is 71.4 cm³/mol. The van der Waals surface area contributed by atoms with E-state index in [1.54, 1.807) is 35.0 Å². The van der Waals surface area contributed by atoms with Gasteiger partial charge in [0.25, 0.3) is 0 Å². The number of fused-ring (bicyclic) bond motifs is 1. The largest absolute Gasteiger partial charge is 0.504 e. The fourth-order valence-electron chi connectivity index (χ4n) is 1.93. The summed E-state index contributed by atoms with van der Waals surface area (Å²) < 4.78 is 6.61. The minimum Gasteiger partial charge on any atom is -0.504 e. The van der Waals surface area contributed by atoms with Crippen molar-refractivity contribution in [2.75, 3.05) is 7.11 Å². The molecule has 20 heavy (non-hydrogen) atoms. The van der Waals surface area contributed by atoms with Crippen LogP contribution < -0.4 is 4.74 Å². The Morgan fingerprint density at radius 2 is 2.20 bits per heavy atom. The molecule has 2 heterocycles. The van der Waals surface area contributed by atoms with E-state index in [0.29, 0.717) is 28.3 Å². The van der Waals surface area contributed by atoms with E-state index in [-0.39, 0.29) is 5.75 Å². The number of aromatic nitrogens is 3. The number of nitriles is 1. The second-order valence-corrected chi connectivity index (χ2v) is 4.12. The Morgan fingerprint density at radius 1 is 1.35 bits per heavy atom. The maximum absolute atomic E-state index is 9.59. The van der Waals surface area contributed by atoms with E-state index in [1.807, 2.05) is 0 Å². The first-order valence-electron chi connectivity index (χ1n) is 5.86. The number of methoxy groups -OCH3 is 1. The van der Waals surface area contributed by atoms with Crippen molar-refractivity contribution in [1.29, 1.82) is 5.26 Å². The molecule has 0 unspecified atom stereocenters. The number of phenolic OH excluding ortho intramolecular Hbond substituents is 1. The number of hydrogen-bond acceptors (Lipinski definition) is 5. The van der Waals surface area contributed by atoms with Crippen molar-refractivity contribution in [2.24, 2.45) is 0 Å². The lowest BCUT2D eigenvalue weighted by atomic mass is 10.2. The fourth-order valence-corrected chi connectivity index (χ4v) is 1.93. The lowest BCUT2D eigenvalue weighted by Gasteiger charge is -2.03. The highest BCUT2D eigenvalue weighted by molar-refractivity contribution is 5.65. The van der Waals surface area contributed by atoms with Gasteiger partial charge in [-0.05, 0) is 30.3 Å². The van der Waals surface area contributed by atoms with Crippen molar-refractivity contribution in [3.05, 3.63) is 42.1 Å². The Kier molecular flexibility index (Phi) is 2.73. The van der Waals surface area contributed by atoms with Gasteiger partial charge < -0.3 is 9.84 Å². The van der Waals surface area contributed by atoms with Crippen LogP contribution in [0.5, 0.6) is 11.5 Å². The van der Waals surface area contributed by atoms with E-state index in [1.165, 1.54) is 13.2 Å². The van der Waals surface area contributed by atoms with Gasteiger partial charge >= 0.3 is 0 Å². The number of hydrogen-bond donors (Lipinski definition) is 1. The first kappa shape index (κ1) is 12.0. The van der Waals surface area contributed by atoms with Crippen LogP contribution in [0, 0.1) is 11.3 Å². The van der Waals surface area contributed by atoms with Gasteiger partial charge in [-0.25, -0.2) is 9.50 Å². The second-order valence-electron chi connectivity index (χ2n) is 4.12. The molecule has 0 saturated heterocycles. The molecule has 6 heteroatoms. The Hall–Kier alpha value is -3.07. The number of rotatable bonds is 2. The molecule has 0 saturated carbocycles. The molecule has 0 aliphatic heterocycles. The van der Waals surface area contributed by atoms with Gasteiger partial charge in [-0.15, -0.1) is 5.10 Å². The Labute approximate surface area is 114 Å². The highest BCUT2D eigenvalue weighted by Gasteiger charge is 2.11. The van der Waals surface area contributed by atoms with E-state index >= 15 is 0 Å². The van der Waals surface area contributed by atoms with Gasteiger partial charge in [0.2, 0.25) is 0 Å². The third-order valence-corrected chi connectivity index (χ3v) is 2.92. The SMILES string of the molecule is COc1cc(-c2nc3c(C#N)cccn3n2)ccc1O. The molecular weight excluding hydrogens is 256 g/mol. The minimum atomic E-state index is 0.0535. The van der Waals surface area contributed by atoms with Gasteiger partial charge in [-0.2, -0.15) is 5.26 Å². The van der Waals surface area contributed by atoms with E-state index in [2.05, 4.69) is 16.2 Å². The predicted octanol–water partition coefficient (Wildman–Crippen LogP) is 1.98. The topological polar surface area (TPSA) is 83.4 Å². The molecule has 3 aromatic rings. The summed E-state index contributed by atoms with van der Waals surface area (Å²) in [7, 11) is 1.48. The van der Waals surface area contributed by atoms with Crippen molar-refractivity contribution in [1.82, 2.24) is 14.6 Å². The van der Waals surface area contributed by atoms with Crippen molar-refractivity contribution < 1.29 is 9.84 Å². The zero-order valence-corrected chi connectivity index (χ0v) is 10.6. The molecule has 1 N–H and O–H groups in total. The van der Waals surface area contributed by atoms with Crippen LogP contribution in [0.2, 0.25) is 0 Å². The summed E-state index contributed by atoms with van der Waals surface area (Å²) in [5.41, 5.74) is 1.65. The van der Waals surface area contributed by atoms with Gasteiger partial charge in [0.05, 0.1) is 12.7 Å². The Morgan fingerprint density at radius 3 is 2.95 bits per heavy atom. The Balaban J connectivity index is 2.18. The summed E-state index contributed by atoms with van der Waals surface area (Å²) in [6, 6.07) is 10.4. The summed E-state index contributed by atoms with van der Waals surface area (Å²) in [6.45, 7) is 0. The smallest absolute Gasteiger partial charge is 0.182 e. The first-order valence-corrected chi connectivity index (χ1v) is 5.86. The summed E-state index contributed by atoms with van der Waals surface area (Å²) >= 11 is 0. The molecule has 0 aliphatic rings. The number of pyridine rings is 1. The highest BCUT2D eigenvalue weighted by atomic mass is 16.5. The number of phenols is 1. The number of nitrogens with zero attached hydrogens (tertiary/aromatic N) is 4. The zero-order valence-electron chi connectivity index (χ0n) is 10.6. The molecule has 0 fully saturated rings. The van der Waals surface area contributed by atoms with Crippen LogP contribution in [-0.2, 0) is 0 Å². The van der Waals surface area contributed by atoms with Crippen molar-refractivity contribution in [2.45, 2.75) is 0 Å². The molecule has 98 valence electrons. The van der Waals surface area contributed by atoms with E-state index in [9.17, 15) is 5.11 Å². The van der Waals surface area contributed by atoms with Gasteiger partial charge in [0, 0.05) is 11.8 Å². The summed E-state index contributed by atoms with van der Waals surface area (Å²) in [4.78, 5) is 4.35. The first-order chi connectivity index (χ1) is 9.72. The van der Waals surface area contributed by atoms with E-state index in [0.717, 1.165) is 0 Å². The molecule has 0 atom stereocenters. The third-order valence-electron chi connectivity index (χ3n) is 2.92. The monoisotopic (exact) mass is 266 g/mol. The van der Waals surface area contributed by atoms with Gasteiger partial charge in [-0.1, -0.05) is 0 Å². The molecule has 6 nitrogen and oxygen atoms in total. The van der Waals surface area contributed by atoms with E-state index < -0.39 is 0 Å². The normalized spacial score (nSPS) is 10.4. The zero-order chi connectivity index (χ0) is 14.1. The average molecular weight is 266 g/mol. The molecule has 0 radical (unpaired) electrons. The maximum atomic E-state index is 9.59. The van der Waals surface area contributed by atoms with Crippen molar-refractivity contribution >= 4 is 5.65 Å². The van der Waals surface area contributed by atoms with Crippen LogP contribution in [0.15, 0.2) is 36.5 Å². The van der Waals surface area contributed by atoms with Crippen LogP contribution in [0.3, 0.4) is 0 Å². The molecule has 0 aliphatic carbocycles. The van der Waals surface area contributed by atoms with Gasteiger partial charge in [0.1, 0.15) is 6.07 Å². The molecule has 0 amide bonds. The summed E-state index contributed by atoms with van der Waals surface area (Å²) in [5, 5.41) is 23.0. The molecule has 0 spiro atoms. The van der Waals surface area contributed by atoms with E-state index in [4.69, 9.17) is 10.00 Å². The van der Waals surface area contributed by atoms with Gasteiger partial charge in [-0.3, -0.25) is 0 Å². The second kappa shape index (κ2) is 4.55. The number of ether oxygens (including phenoxy) is 1. The van der Waals surface area contributed by atoms with Crippen LogP contribution in [0.1, 0.15) is 5.56 Å². The molecule has 1 aromatic carbocycles. The highest BCUT2D eigenvalue weighted by Crippen LogP contribution is 2.30. The van der Waals surface area contributed by atoms with Crippen LogP contribution >= 0.6 is 0 Å². The summed E-state index contributed by atoms with van der Waals surface area (Å²) in [6.07, 6.45) is 1.73. The molecular formula is C14H10N4O2. The van der Waals surface area contributed by atoms with Crippen LogP contribution in [0.4, 0.5) is 0 Å². The Bertz CT molecular complexity index is 833. The lowest BCUT2D eigenvalue weighted by molar-refractivity contribution is 0.373. The third kappa shape index (κ3) is 1.82. The average Bonchev–Trinajstić information content (AvgIpc) is 2.91. The molecule has 3 rings (SSSR count). The minimum absolute atomic E-state index is 0.0535. The molecule has 2 aromatic heterocycles. The number of benzene rings is 1. The lowest BCUT2D eigenvalue weighted by Crippen LogP contribution is -1.89. The maximum Gasteiger partial charge on any atom is 0.182 e. The van der Waals surface area contributed by atoms with Crippen molar-refractivity contribution in [3.63, 3.8) is 0 Å². The standard InChI is InChI=1S/C14H10N4O2/c1-20-12-7-9(4-5-11(12)19)13-16-14-10(8-15)3-2-6-18(14)17-13/h2-7,19H,1H3. The quantitative estimate of drug-likeness (QED) is 0.766. The number of aromatic hydroxyl groups is 1. The van der Waals surface area contributed by atoms with Gasteiger partial charge in [0.15, 0.2) is 23.0 Å². The van der Waals surface area contributed by atoms with Crippen LogP contribution in [-0.4, -0.2) is 26.8 Å². The fraction of sp³-hybridized carbons (Fsp3) is 0.0714. The molecule has 0 bridgehead atoms. The van der Waals surface area contributed by atoms with Crippen molar-refractivity contribution in [3.8, 4) is 29.0 Å². The van der Waals surface area contributed by atoms with Crippen LogP contribution in [0.25, 0.3) is 17.0 Å². The summed E-state index contributed by atoms with van der Waals surface area (Å²) in [5.74, 6) is 0.866.